The van der Waals surface area contributed by atoms with E-state index in [1.807, 2.05) is 4.40 Å². The van der Waals surface area contributed by atoms with Crippen LogP contribution < -0.4 is 16.0 Å². The van der Waals surface area contributed by atoms with Crippen molar-refractivity contribution in [3.05, 3.63) is 83.5 Å². The van der Waals surface area contributed by atoms with Crippen molar-refractivity contribution < 1.29 is 45.0 Å². The molecule has 60 heavy (non-hydrogen) atoms. The van der Waals surface area contributed by atoms with Crippen molar-refractivity contribution in [3.63, 3.8) is 0 Å². The Morgan fingerprint density at radius 3 is 1.65 bits per heavy atom. The molecule has 4 aromatic heterocycles. The molecule has 0 saturated carbocycles. The first-order chi connectivity index (χ1) is 28.6. The van der Waals surface area contributed by atoms with Crippen LogP contribution in [0.1, 0.15) is 48.2 Å². The zero-order chi connectivity index (χ0) is 42.8. The second-order valence-corrected chi connectivity index (χ2v) is 16.2. The number of halogens is 6. The van der Waals surface area contributed by atoms with Crippen molar-refractivity contribution in [2.75, 3.05) is 69.4 Å². The molecule has 0 saturated heterocycles. The van der Waals surface area contributed by atoms with E-state index in [4.69, 9.17) is 10.2 Å². The van der Waals surface area contributed by atoms with Crippen molar-refractivity contribution in [2.24, 2.45) is 0 Å². The topological polar surface area (TPSA) is 174 Å². The van der Waals surface area contributed by atoms with Crippen LogP contribution in [0.15, 0.2) is 60.9 Å². The summed E-state index contributed by atoms with van der Waals surface area (Å²) in [7, 11) is -3.31. The van der Waals surface area contributed by atoms with E-state index in [-0.39, 0.29) is 30.8 Å². The van der Waals surface area contributed by atoms with Gasteiger partial charge < -0.3 is 26.2 Å². The van der Waals surface area contributed by atoms with Crippen molar-refractivity contribution in [3.8, 4) is 0 Å². The number of hydrogen-bond acceptors (Lipinski definition) is 11. The van der Waals surface area contributed by atoms with Crippen molar-refractivity contribution in [1.82, 2.24) is 38.4 Å². The van der Waals surface area contributed by atoms with E-state index in [9.17, 15) is 34.8 Å². The molecule has 21 heteroatoms. The predicted molar refractivity (Wildman–Crippen MR) is 216 cm³/mol. The molecular formula is C39H42F6N10O4S. The molecule has 6 heterocycles. The smallest absolute Gasteiger partial charge is 0.396 e. The molecule has 5 N–H and O–H groups in total. The van der Waals surface area contributed by atoms with Crippen molar-refractivity contribution in [1.29, 1.82) is 0 Å². The SMILES string of the molecule is CS(=O)(=O)N1CC=C(c2cnc3c(NCCCO)nc4cc(C(F)(F)F)ccc4n23)CC1.OCCCNc1nc2cc(C(F)(F)F)ccc2n2c(C3=CCNCC3)cnc12. The van der Waals surface area contributed by atoms with E-state index in [1.54, 1.807) is 22.9 Å². The van der Waals surface area contributed by atoms with Crippen LogP contribution in [-0.4, -0.2) is 110 Å². The van der Waals surface area contributed by atoms with Crippen LogP contribution in [0, 0.1) is 0 Å². The molecule has 2 aliphatic rings. The van der Waals surface area contributed by atoms with E-state index < -0.39 is 33.5 Å². The van der Waals surface area contributed by atoms with Gasteiger partial charge in [0, 0.05) is 45.9 Å². The molecule has 2 aliphatic heterocycles. The molecule has 0 atom stereocenters. The lowest BCUT2D eigenvalue weighted by Crippen LogP contribution is -2.33. The molecular weight excluding hydrogens is 819 g/mol. The highest BCUT2D eigenvalue weighted by Crippen LogP contribution is 2.36. The van der Waals surface area contributed by atoms with Crippen LogP contribution in [0.4, 0.5) is 38.0 Å². The van der Waals surface area contributed by atoms with E-state index in [1.165, 1.54) is 16.4 Å². The first kappa shape index (κ1) is 42.8. The maximum absolute atomic E-state index is 13.3. The van der Waals surface area contributed by atoms with E-state index in [2.05, 4.69) is 42.0 Å². The Balaban J connectivity index is 0.000000183. The predicted octanol–water partition coefficient (Wildman–Crippen LogP) is 5.82. The summed E-state index contributed by atoms with van der Waals surface area (Å²) in [5.74, 6) is 0.715. The third-order valence-corrected chi connectivity index (χ3v) is 11.4. The Kier molecular flexibility index (Phi) is 12.3. The van der Waals surface area contributed by atoms with Gasteiger partial charge in [-0.1, -0.05) is 12.2 Å². The number of aliphatic hydroxyl groups is 2. The zero-order valence-electron chi connectivity index (χ0n) is 32.3. The van der Waals surface area contributed by atoms with Gasteiger partial charge in [-0.3, -0.25) is 8.80 Å². The summed E-state index contributed by atoms with van der Waals surface area (Å²) in [6.07, 6.45) is 1.62. The van der Waals surface area contributed by atoms with Gasteiger partial charge in [0.05, 0.1) is 63.2 Å². The number of rotatable bonds is 11. The van der Waals surface area contributed by atoms with Crippen LogP contribution >= 0.6 is 0 Å². The molecule has 8 rings (SSSR count). The van der Waals surface area contributed by atoms with Crippen LogP contribution in [0.2, 0.25) is 0 Å². The fraction of sp³-hybridized carbons (Fsp3) is 0.385. The highest BCUT2D eigenvalue weighted by atomic mass is 32.2. The number of nitrogens with one attached hydrogen (secondary N) is 3. The first-order valence-electron chi connectivity index (χ1n) is 19.1. The van der Waals surface area contributed by atoms with Gasteiger partial charge in [0.2, 0.25) is 10.0 Å². The minimum absolute atomic E-state index is 0.00860. The molecule has 0 radical (unpaired) electrons. The summed E-state index contributed by atoms with van der Waals surface area (Å²) in [6.45, 7) is 2.88. The van der Waals surface area contributed by atoms with Gasteiger partial charge >= 0.3 is 12.4 Å². The summed E-state index contributed by atoms with van der Waals surface area (Å²) in [5, 5.41) is 27.4. The standard InChI is InChI=1S/C20H22F3N5O3S.C19H20F3N5O/c1-32(30,31)27-8-5-13(6-9-27)17-12-25-19-18(24-7-2-10-29)26-15-11-14(20(21,22)23)3-4-16(15)28(17)19;20-19(21,22)13-2-3-15-14(10-13)26-17(24-6-1-9-28)18-25-11-16(27(15)18)12-4-7-23-8-5-12/h3-5,11-12,29H,2,6-10H2,1H3,(H,24,26);2-4,10-11,23,28H,1,5-9H2,(H,24,26). The van der Waals surface area contributed by atoms with Crippen LogP contribution in [-0.2, 0) is 22.4 Å². The largest absolute Gasteiger partial charge is 0.416 e. The van der Waals surface area contributed by atoms with Gasteiger partial charge in [0.1, 0.15) is 0 Å². The highest BCUT2D eigenvalue weighted by Gasteiger charge is 2.32. The maximum atomic E-state index is 13.3. The quantitative estimate of drug-likeness (QED) is 0.0786. The molecule has 6 aromatic rings. The number of sulfonamides is 1. The number of hydrogen-bond donors (Lipinski definition) is 5. The second-order valence-electron chi connectivity index (χ2n) is 14.2. The van der Waals surface area contributed by atoms with Crippen LogP contribution in [0.5, 0.6) is 0 Å². The molecule has 0 amide bonds. The fourth-order valence-electron chi connectivity index (χ4n) is 7.12. The normalized spacial score (nSPS) is 15.6. The summed E-state index contributed by atoms with van der Waals surface area (Å²) in [5.41, 5.74) is 4.34. The van der Waals surface area contributed by atoms with Gasteiger partial charge in [0.15, 0.2) is 22.9 Å². The highest BCUT2D eigenvalue weighted by molar-refractivity contribution is 7.88. The Bertz CT molecular complexity index is 2710. The average molecular weight is 861 g/mol. The number of nitrogens with zero attached hydrogens (tertiary/aromatic N) is 7. The van der Waals surface area contributed by atoms with E-state index >= 15 is 0 Å². The van der Waals surface area contributed by atoms with E-state index in [0.29, 0.717) is 78.6 Å². The van der Waals surface area contributed by atoms with Gasteiger partial charge in [-0.05, 0) is 79.8 Å². The number of fused-ring (bicyclic) bond motifs is 6. The van der Waals surface area contributed by atoms with Gasteiger partial charge in [-0.25, -0.2) is 28.4 Å². The van der Waals surface area contributed by atoms with Gasteiger partial charge in [0.25, 0.3) is 0 Å². The van der Waals surface area contributed by atoms with E-state index in [0.717, 1.165) is 66.9 Å². The van der Waals surface area contributed by atoms with Crippen molar-refractivity contribution in [2.45, 2.75) is 38.0 Å². The molecule has 0 spiro atoms. The van der Waals surface area contributed by atoms with Gasteiger partial charge in [-0.15, -0.1) is 0 Å². The minimum atomic E-state index is -4.51. The molecule has 0 bridgehead atoms. The fourth-order valence-corrected chi connectivity index (χ4v) is 7.89. The number of aliphatic hydroxyl groups excluding tert-OH is 2. The maximum Gasteiger partial charge on any atom is 0.416 e. The summed E-state index contributed by atoms with van der Waals surface area (Å²) in [6, 6.07) is 6.95. The van der Waals surface area contributed by atoms with Crippen LogP contribution in [0.3, 0.4) is 0 Å². The molecule has 0 aliphatic carbocycles. The molecule has 0 unspecified atom stereocenters. The van der Waals surface area contributed by atoms with Crippen LogP contribution in [0.25, 0.3) is 44.5 Å². The lowest BCUT2D eigenvalue weighted by atomic mass is 10.1. The number of benzene rings is 2. The second kappa shape index (κ2) is 17.3. The molecule has 2 aromatic carbocycles. The first-order valence-corrected chi connectivity index (χ1v) is 20.9. The Morgan fingerprint density at radius 1 is 0.750 bits per heavy atom. The Hall–Kier alpha value is -5.35. The molecule has 14 nitrogen and oxygen atoms in total. The third-order valence-electron chi connectivity index (χ3n) is 10.1. The average Bonchev–Trinajstić information content (AvgIpc) is 3.87. The summed E-state index contributed by atoms with van der Waals surface area (Å²) in [4.78, 5) is 17.7. The number of imidazole rings is 2. The monoisotopic (exact) mass is 860 g/mol. The number of anilines is 2. The number of aromatic nitrogens is 6. The minimum Gasteiger partial charge on any atom is -0.396 e. The van der Waals surface area contributed by atoms with Crippen molar-refractivity contribution >= 4 is 66.2 Å². The Morgan fingerprint density at radius 2 is 1.25 bits per heavy atom. The summed E-state index contributed by atoms with van der Waals surface area (Å²) >= 11 is 0. The zero-order valence-corrected chi connectivity index (χ0v) is 33.1. The third kappa shape index (κ3) is 9.04. The lowest BCUT2D eigenvalue weighted by molar-refractivity contribution is -0.138. The Labute approximate surface area is 339 Å². The summed E-state index contributed by atoms with van der Waals surface area (Å²) < 4.78 is 108. The molecule has 320 valence electrons. The lowest BCUT2D eigenvalue weighted by Gasteiger charge is -2.24. The van der Waals surface area contributed by atoms with Gasteiger partial charge in [-0.2, -0.15) is 30.6 Å². The number of alkyl halides is 6. The molecule has 0 fully saturated rings.